The number of benzene rings is 2. The summed E-state index contributed by atoms with van der Waals surface area (Å²) in [6, 6.07) is 18.7. The molecule has 33 heavy (non-hydrogen) atoms. The number of primary amides is 1. The molecule has 5 aromatic rings. The first-order chi connectivity index (χ1) is 15.9. The lowest BCUT2D eigenvalue weighted by molar-refractivity contribution is 0.1000. The van der Waals surface area contributed by atoms with Gasteiger partial charge in [0.25, 0.3) is 0 Å². The van der Waals surface area contributed by atoms with Gasteiger partial charge in [0, 0.05) is 23.0 Å². The molecule has 164 valence electrons. The number of carbonyl (C=O) groups is 1. The molecule has 0 aliphatic heterocycles. The predicted octanol–water partition coefficient (Wildman–Crippen LogP) is 3.11. The van der Waals surface area contributed by atoms with Crippen LogP contribution in [-0.2, 0) is 6.54 Å². The fourth-order valence-corrected chi connectivity index (χ4v) is 4.14. The first-order valence-corrected chi connectivity index (χ1v) is 10.5. The van der Waals surface area contributed by atoms with Crippen LogP contribution in [0, 0.1) is 13.8 Å². The molecule has 3 heterocycles. The van der Waals surface area contributed by atoms with E-state index >= 15 is 0 Å². The SMILES string of the molecule is Cc1cccc(-n2c(-c3ccc4ncnn4c3)c(C)n(Cc3cccc(C(N)=O)c3)c2=O)c1. The third-order valence-corrected chi connectivity index (χ3v) is 5.75. The second kappa shape index (κ2) is 7.90. The molecule has 0 unspecified atom stereocenters. The summed E-state index contributed by atoms with van der Waals surface area (Å²) in [5.41, 5.74) is 11.5. The molecule has 3 aromatic heterocycles. The van der Waals surface area contributed by atoms with Crippen LogP contribution in [0.3, 0.4) is 0 Å². The number of amides is 1. The van der Waals surface area contributed by atoms with Crippen LogP contribution in [0.1, 0.15) is 27.2 Å². The zero-order valence-corrected chi connectivity index (χ0v) is 18.3. The van der Waals surface area contributed by atoms with Crippen molar-refractivity contribution in [3.63, 3.8) is 0 Å². The van der Waals surface area contributed by atoms with Gasteiger partial charge in [-0.2, -0.15) is 5.10 Å². The molecular weight excluding hydrogens is 416 g/mol. The van der Waals surface area contributed by atoms with Gasteiger partial charge in [-0.1, -0.05) is 24.3 Å². The van der Waals surface area contributed by atoms with Crippen molar-refractivity contribution < 1.29 is 4.79 Å². The minimum atomic E-state index is -0.500. The fraction of sp³-hybridized carbons (Fsp3) is 0.120. The van der Waals surface area contributed by atoms with Crippen LogP contribution in [0.5, 0.6) is 0 Å². The standard InChI is InChI=1S/C25H22N6O2/c1-16-5-3-8-21(11-16)31-23(20-9-10-22-27-15-28-30(22)14-20)17(2)29(25(31)33)13-18-6-4-7-19(12-18)24(26)32/h3-12,14-15H,13H2,1-2H3,(H2,26,32). The van der Waals surface area contributed by atoms with Crippen LogP contribution in [0.4, 0.5) is 0 Å². The Labute approximate surface area is 189 Å². The lowest BCUT2D eigenvalue weighted by Crippen LogP contribution is -2.24. The summed E-state index contributed by atoms with van der Waals surface area (Å²) < 4.78 is 5.12. The number of nitrogens with two attached hydrogens (primary N) is 1. The molecule has 5 rings (SSSR count). The van der Waals surface area contributed by atoms with Gasteiger partial charge in [-0.05, 0) is 61.4 Å². The maximum Gasteiger partial charge on any atom is 0.333 e. The Morgan fingerprint density at radius 1 is 1.03 bits per heavy atom. The number of fused-ring (bicyclic) bond motifs is 1. The third-order valence-electron chi connectivity index (χ3n) is 5.75. The van der Waals surface area contributed by atoms with Crippen molar-refractivity contribution in [2.75, 3.05) is 0 Å². The fourth-order valence-electron chi connectivity index (χ4n) is 4.14. The Balaban J connectivity index is 1.73. The van der Waals surface area contributed by atoms with Crippen LogP contribution < -0.4 is 11.4 Å². The molecule has 0 saturated carbocycles. The highest BCUT2D eigenvalue weighted by Crippen LogP contribution is 2.27. The number of rotatable bonds is 5. The van der Waals surface area contributed by atoms with E-state index in [2.05, 4.69) is 10.1 Å². The van der Waals surface area contributed by atoms with E-state index in [1.165, 1.54) is 6.33 Å². The Kier molecular flexibility index (Phi) is 4.90. The number of imidazole rings is 1. The Morgan fingerprint density at radius 3 is 2.64 bits per heavy atom. The molecule has 0 bridgehead atoms. The largest absolute Gasteiger partial charge is 0.366 e. The lowest BCUT2D eigenvalue weighted by atomic mass is 10.1. The van der Waals surface area contributed by atoms with E-state index in [-0.39, 0.29) is 5.69 Å². The topological polar surface area (TPSA) is 100 Å². The van der Waals surface area contributed by atoms with Crippen LogP contribution >= 0.6 is 0 Å². The van der Waals surface area contributed by atoms with Crippen molar-refractivity contribution in [1.29, 1.82) is 0 Å². The number of nitrogens with zero attached hydrogens (tertiary/aromatic N) is 5. The van der Waals surface area contributed by atoms with Gasteiger partial charge >= 0.3 is 5.69 Å². The van der Waals surface area contributed by atoms with Crippen LogP contribution in [0.25, 0.3) is 22.6 Å². The molecule has 8 nitrogen and oxygen atoms in total. The van der Waals surface area contributed by atoms with Crippen molar-refractivity contribution in [3.8, 4) is 16.9 Å². The second-order valence-electron chi connectivity index (χ2n) is 8.02. The van der Waals surface area contributed by atoms with E-state index in [0.29, 0.717) is 12.1 Å². The Morgan fingerprint density at radius 2 is 1.85 bits per heavy atom. The van der Waals surface area contributed by atoms with Gasteiger partial charge in [0.05, 0.1) is 17.9 Å². The van der Waals surface area contributed by atoms with Crippen LogP contribution in [-0.4, -0.2) is 29.6 Å². The summed E-state index contributed by atoms with van der Waals surface area (Å²) in [6.07, 6.45) is 3.37. The molecular formula is C25H22N6O2. The molecule has 0 fully saturated rings. The molecule has 0 aliphatic rings. The number of carbonyl (C=O) groups excluding carboxylic acids is 1. The molecule has 0 saturated heterocycles. The van der Waals surface area contributed by atoms with Crippen LogP contribution in [0.15, 0.2) is 78.0 Å². The van der Waals surface area contributed by atoms with Gasteiger partial charge < -0.3 is 5.73 Å². The number of hydrogen-bond acceptors (Lipinski definition) is 4. The van der Waals surface area contributed by atoms with Crippen molar-refractivity contribution in [3.05, 3.63) is 106 Å². The Hall–Kier alpha value is -4.46. The van der Waals surface area contributed by atoms with Crippen molar-refractivity contribution in [2.24, 2.45) is 5.73 Å². The minimum Gasteiger partial charge on any atom is -0.366 e. The van der Waals surface area contributed by atoms with Crippen molar-refractivity contribution in [1.82, 2.24) is 23.7 Å². The first kappa shape index (κ1) is 20.4. The number of pyridine rings is 1. The van der Waals surface area contributed by atoms with Gasteiger partial charge in [-0.15, -0.1) is 0 Å². The molecule has 0 spiro atoms. The van der Waals surface area contributed by atoms with E-state index in [9.17, 15) is 9.59 Å². The monoisotopic (exact) mass is 438 g/mol. The lowest BCUT2D eigenvalue weighted by Gasteiger charge is -2.10. The highest BCUT2D eigenvalue weighted by Gasteiger charge is 2.21. The van der Waals surface area contributed by atoms with Gasteiger partial charge in [-0.25, -0.2) is 14.3 Å². The van der Waals surface area contributed by atoms with Gasteiger partial charge in [-0.3, -0.25) is 13.9 Å². The van der Waals surface area contributed by atoms with Gasteiger partial charge in [0.2, 0.25) is 5.91 Å². The summed E-state index contributed by atoms with van der Waals surface area (Å²) >= 11 is 0. The average molecular weight is 438 g/mol. The average Bonchev–Trinajstić information content (AvgIpc) is 3.36. The highest BCUT2D eigenvalue weighted by atomic mass is 16.2. The van der Waals surface area contributed by atoms with Crippen LogP contribution in [0.2, 0.25) is 0 Å². The third kappa shape index (κ3) is 3.61. The van der Waals surface area contributed by atoms with E-state index in [1.54, 1.807) is 31.8 Å². The van der Waals surface area contributed by atoms with E-state index in [4.69, 9.17) is 5.73 Å². The Bertz CT molecular complexity index is 1570. The minimum absolute atomic E-state index is 0.170. The normalized spacial score (nSPS) is 11.2. The van der Waals surface area contributed by atoms with Crippen molar-refractivity contribution >= 4 is 11.6 Å². The van der Waals surface area contributed by atoms with Gasteiger partial charge in [0.1, 0.15) is 6.33 Å². The van der Waals surface area contributed by atoms with E-state index in [0.717, 1.165) is 39.4 Å². The highest BCUT2D eigenvalue weighted by molar-refractivity contribution is 5.92. The molecule has 8 heteroatoms. The first-order valence-electron chi connectivity index (χ1n) is 10.5. The summed E-state index contributed by atoms with van der Waals surface area (Å²) in [5.74, 6) is -0.500. The van der Waals surface area contributed by atoms with Gasteiger partial charge in [0.15, 0.2) is 5.65 Å². The molecule has 2 aromatic carbocycles. The van der Waals surface area contributed by atoms with E-state index < -0.39 is 5.91 Å². The molecule has 0 aliphatic carbocycles. The number of hydrogen-bond donors (Lipinski definition) is 1. The van der Waals surface area contributed by atoms with Crippen molar-refractivity contribution in [2.45, 2.75) is 20.4 Å². The molecule has 0 atom stereocenters. The summed E-state index contributed by atoms with van der Waals surface area (Å²) in [5, 5.41) is 4.24. The molecule has 2 N–H and O–H groups in total. The summed E-state index contributed by atoms with van der Waals surface area (Å²) in [4.78, 5) is 29.6. The summed E-state index contributed by atoms with van der Waals surface area (Å²) in [7, 11) is 0. The zero-order valence-electron chi connectivity index (χ0n) is 18.3. The predicted molar refractivity (Wildman–Crippen MR) is 126 cm³/mol. The maximum atomic E-state index is 13.7. The number of aryl methyl sites for hydroxylation is 1. The maximum absolute atomic E-state index is 13.7. The van der Waals surface area contributed by atoms with E-state index in [1.807, 2.05) is 62.5 Å². The molecule has 1 amide bonds. The smallest absolute Gasteiger partial charge is 0.333 e. The second-order valence-corrected chi connectivity index (χ2v) is 8.02. The summed E-state index contributed by atoms with van der Waals surface area (Å²) in [6.45, 7) is 4.23. The number of aromatic nitrogens is 5. The quantitative estimate of drug-likeness (QED) is 0.456. The molecule has 0 radical (unpaired) electrons. The zero-order chi connectivity index (χ0) is 23.1.